The molecule has 1 aromatic heterocycles. The molecule has 0 aliphatic rings. The van der Waals surface area contributed by atoms with Crippen LogP contribution in [0.1, 0.15) is 70.3 Å². The monoisotopic (exact) mass is 265 g/mol. The molecule has 0 aliphatic carbocycles. The lowest BCUT2D eigenvalue weighted by Gasteiger charge is -2.11. The molecule has 19 heavy (non-hydrogen) atoms. The van der Waals surface area contributed by atoms with E-state index in [-0.39, 0.29) is 6.04 Å². The van der Waals surface area contributed by atoms with Crippen molar-refractivity contribution in [2.75, 3.05) is 0 Å². The largest absolute Gasteiger partial charge is 0.327 e. The fraction of sp³-hybridized carbons (Fsp3) is 0.812. The predicted octanol–water partition coefficient (Wildman–Crippen LogP) is 3.48. The van der Waals surface area contributed by atoms with E-state index in [9.17, 15) is 0 Å². The first-order valence-corrected chi connectivity index (χ1v) is 8.00. The van der Waals surface area contributed by atoms with E-state index in [1.807, 2.05) is 0 Å². The minimum absolute atomic E-state index is 0.267. The molecule has 0 amide bonds. The summed E-state index contributed by atoms with van der Waals surface area (Å²) in [5.41, 5.74) is 10.2. The quantitative estimate of drug-likeness (QED) is 0.695. The summed E-state index contributed by atoms with van der Waals surface area (Å²) in [6.07, 6.45) is 7.87. The highest BCUT2D eigenvalue weighted by Gasteiger charge is 2.17. The summed E-state index contributed by atoms with van der Waals surface area (Å²) in [6.45, 7) is 9.89. The van der Waals surface area contributed by atoms with Crippen molar-refractivity contribution < 1.29 is 0 Å². The fourth-order valence-electron chi connectivity index (χ4n) is 2.61. The Kier molecular flexibility index (Phi) is 7.14. The van der Waals surface area contributed by atoms with Crippen molar-refractivity contribution >= 4 is 0 Å². The predicted molar refractivity (Wildman–Crippen MR) is 82.5 cm³/mol. The zero-order valence-corrected chi connectivity index (χ0v) is 13.2. The minimum Gasteiger partial charge on any atom is -0.327 e. The van der Waals surface area contributed by atoms with Crippen LogP contribution in [0.25, 0.3) is 0 Å². The maximum Gasteiger partial charge on any atom is 0.0657 e. The summed E-state index contributed by atoms with van der Waals surface area (Å²) in [4.78, 5) is 0. The number of hydrogen-bond donors (Lipinski definition) is 1. The maximum absolute atomic E-state index is 6.15. The van der Waals surface area contributed by atoms with Crippen molar-refractivity contribution in [1.29, 1.82) is 0 Å². The highest BCUT2D eigenvalue weighted by atomic mass is 15.3. The number of unbranched alkanes of at least 4 members (excludes halogenated alkanes) is 2. The zero-order chi connectivity index (χ0) is 14.3. The van der Waals surface area contributed by atoms with Gasteiger partial charge in [-0.2, -0.15) is 5.10 Å². The lowest BCUT2D eigenvalue weighted by atomic mass is 10.00. The van der Waals surface area contributed by atoms with Crippen LogP contribution in [0.2, 0.25) is 0 Å². The minimum atomic E-state index is 0.267. The SMILES string of the molecule is CCCCCn1nc(CC)c(CC(N)CC)c1CC. The van der Waals surface area contributed by atoms with Crippen LogP contribution in [0, 0.1) is 0 Å². The maximum atomic E-state index is 6.15. The second-order valence-electron chi connectivity index (χ2n) is 5.38. The molecule has 0 spiro atoms. The van der Waals surface area contributed by atoms with Gasteiger partial charge in [-0.1, -0.05) is 40.5 Å². The van der Waals surface area contributed by atoms with Crippen molar-refractivity contribution in [3.63, 3.8) is 0 Å². The van der Waals surface area contributed by atoms with Crippen LogP contribution in [0.3, 0.4) is 0 Å². The van der Waals surface area contributed by atoms with Crippen molar-refractivity contribution in [2.45, 2.75) is 85.2 Å². The molecule has 110 valence electrons. The molecule has 0 radical (unpaired) electrons. The molecule has 0 bridgehead atoms. The van der Waals surface area contributed by atoms with E-state index in [1.54, 1.807) is 0 Å². The summed E-state index contributed by atoms with van der Waals surface area (Å²) in [7, 11) is 0. The number of aromatic nitrogens is 2. The van der Waals surface area contributed by atoms with Crippen LogP contribution in [0.4, 0.5) is 0 Å². The molecule has 1 unspecified atom stereocenters. The average Bonchev–Trinajstić information content (AvgIpc) is 2.76. The number of nitrogens with two attached hydrogens (primary N) is 1. The molecule has 0 aromatic carbocycles. The van der Waals surface area contributed by atoms with Crippen molar-refractivity contribution in [3.8, 4) is 0 Å². The van der Waals surface area contributed by atoms with Gasteiger partial charge in [0.2, 0.25) is 0 Å². The second kappa shape index (κ2) is 8.36. The molecule has 1 heterocycles. The van der Waals surface area contributed by atoms with Crippen LogP contribution >= 0.6 is 0 Å². The molecule has 1 atom stereocenters. The van der Waals surface area contributed by atoms with E-state index in [0.717, 1.165) is 32.2 Å². The van der Waals surface area contributed by atoms with Gasteiger partial charge in [0.15, 0.2) is 0 Å². The smallest absolute Gasteiger partial charge is 0.0657 e. The third-order valence-corrected chi connectivity index (χ3v) is 3.88. The molecule has 0 saturated carbocycles. The van der Waals surface area contributed by atoms with Gasteiger partial charge < -0.3 is 5.73 Å². The number of nitrogens with zero attached hydrogens (tertiary/aromatic N) is 2. The second-order valence-corrected chi connectivity index (χ2v) is 5.38. The lowest BCUT2D eigenvalue weighted by Crippen LogP contribution is -2.22. The Balaban J connectivity index is 2.92. The van der Waals surface area contributed by atoms with Gasteiger partial charge in [0.25, 0.3) is 0 Å². The summed E-state index contributed by atoms with van der Waals surface area (Å²) < 4.78 is 2.24. The molecule has 2 N–H and O–H groups in total. The van der Waals surface area contributed by atoms with Crippen LogP contribution in [-0.4, -0.2) is 15.8 Å². The van der Waals surface area contributed by atoms with E-state index in [4.69, 9.17) is 10.8 Å². The Bertz CT molecular complexity index is 368. The number of hydrogen-bond acceptors (Lipinski definition) is 2. The molecular formula is C16H31N3. The molecular weight excluding hydrogens is 234 g/mol. The Morgan fingerprint density at radius 3 is 2.37 bits per heavy atom. The molecule has 1 rings (SSSR count). The highest BCUT2D eigenvalue weighted by Crippen LogP contribution is 2.19. The summed E-state index contributed by atoms with van der Waals surface area (Å²) in [6, 6.07) is 0.267. The van der Waals surface area contributed by atoms with Crippen LogP contribution in [0.5, 0.6) is 0 Å². The van der Waals surface area contributed by atoms with Gasteiger partial charge in [0, 0.05) is 18.3 Å². The highest BCUT2D eigenvalue weighted by molar-refractivity contribution is 5.28. The Morgan fingerprint density at radius 2 is 1.84 bits per heavy atom. The molecule has 1 aromatic rings. The van der Waals surface area contributed by atoms with Gasteiger partial charge in [0.1, 0.15) is 0 Å². The van der Waals surface area contributed by atoms with Gasteiger partial charge in [-0.05, 0) is 37.7 Å². The standard InChI is InChI=1S/C16H31N3/c1-5-9-10-11-19-16(8-4)14(12-13(17)6-2)15(7-3)18-19/h13H,5-12,17H2,1-4H3. The van der Waals surface area contributed by atoms with Crippen LogP contribution < -0.4 is 5.73 Å². The van der Waals surface area contributed by atoms with Gasteiger partial charge in [-0.3, -0.25) is 4.68 Å². The summed E-state index contributed by atoms with van der Waals surface area (Å²) in [5, 5.41) is 4.82. The van der Waals surface area contributed by atoms with E-state index < -0.39 is 0 Å². The van der Waals surface area contributed by atoms with Gasteiger partial charge >= 0.3 is 0 Å². The summed E-state index contributed by atoms with van der Waals surface area (Å²) in [5.74, 6) is 0. The number of rotatable bonds is 9. The first-order valence-electron chi connectivity index (χ1n) is 8.00. The summed E-state index contributed by atoms with van der Waals surface area (Å²) >= 11 is 0. The van der Waals surface area contributed by atoms with E-state index in [1.165, 1.54) is 36.2 Å². The van der Waals surface area contributed by atoms with Crippen molar-refractivity contribution in [1.82, 2.24) is 9.78 Å². The van der Waals surface area contributed by atoms with Gasteiger partial charge in [-0.25, -0.2) is 0 Å². The van der Waals surface area contributed by atoms with E-state index in [2.05, 4.69) is 32.4 Å². The topological polar surface area (TPSA) is 43.8 Å². The normalized spacial score (nSPS) is 12.9. The first-order chi connectivity index (χ1) is 9.17. The molecule has 0 aliphatic heterocycles. The van der Waals surface area contributed by atoms with E-state index in [0.29, 0.717) is 0 Å². The first kappa shape index (κ1) is 16.2. The van der Waals surface area contributed by atoms with Gasteiger partial charge in [-0.15, -0.1) is 0 Å². The molecule has 0 fully saturated rings. The third-order valence-electron chi connectivity index (χ3n) is 3.88. The van der Waals surface area contributed by atoms with Crippen molar-refractivity contribution in [3.05, 3.63) is 17.0 Å². The molecule has 0 saturated heterocycles. The van der Waals surface area contributed by atoms with Crippen LogP contribution in [0.15, 0.2) is 0 Å². The average molecular weight is 265 g/mol. The van der Waals surface area contributed by atoms with Gasteiger partial charge in [0.05, 0.1) is 5.69 Å². The zero-order valence-electron chi connectivity index (χ0n) is 13.2. The lowest BCUT2D eigenvalue weighted by molar-refractivity contribution is 0.530. The fourth-order valence-corrected chi connectivity index (χ4v) is 2.61. The molecule has 3 heteroatoms. The Morgan fingerprint density at radius 1 is 1.11 bits per heavy atom. The number of aryl methyl sites for hydroxylation is 2. The Labute approximate surface area is 118 Å². The van der Waals surface area contributed by atoms with Crippen LogP contribution in [-0.2, 0) is 25.8 Å². The van der Waals surface area contributed by atoms with E-state index >= 15 is 0 Å². The third kappa shape index (κ3) is 4.34. The Hall–Kier alpha value is -0.830. The van der Waals surface area contributed by atoms with Crippen molar-refractivity contribution in [2.24, 2.45) is 5.73 Å². The molecule has 3 nitrogen and oxygen atoms in total.